The lowest BCUT2D eigenvalue weighted by Crippen LogP contribution is -1.77. The van der Waals surface area contributed by atoms with Crippen LogP contribution in [0.1, 0.15) is 5.56 Å². The number of hydrogen-bond donors (Lipinski definition) is 0. The van der Waals surface area contributed by atoms with Crippen molar-refractivity contribution in [1.29, 1.82) is 0 Å². The maximum Gasteiger partial charge on any atom is 0.0383 e. The van der Waals surface area contributed by atoms with E-state index in [0.29, 0.717) is 0 Å². The molecule has 0 amide bonds. The third kappa shape index (κ3) is 1.15. The largest absolute Gasteiger partial charge is 0.143 e. The Morgan fingerprint density at radius 1 is 1.25 bits per heavy atom. The van der Waals surface area contributed by atoms with Crippen LogP contribution in [0.15, 0.2) is 28.5 Å². The van der Waals surface area contributed by atoms with Gasteiger partial charge in [0.2, 0.25) is 0 Å². The van der Waals surface area contributed by atoms with Gasteiger partial charge in [-0.25, -0.2) is 0 Å². The molecular formula is C10H10S2. The number of benzene rings is 1. The summed E-state index contributed by atoms with van der Waals surface area (Å²) in [5.41, 5.74) is 1.43. The van der Waals surface area contributed by atoms with Gasteiger partial charge in [-0.2, -0.15) is 0 Å². The van der Waals surface area contributed by atoms with Crippen molar-refractivity contribution in [2.24, 2.45) is 0 Å². The van der Waals surface area contributed by atoms with Crippen molar-refractivity contribution in [3.05, 3.63) is 29.1 Å². The molecule has 0 N–H and O–H groups in total. The fraction of sp³-hybridized carbons (Fsp3) is 0.200. The van der Waals surface area contributed by atoms with Crippen LogP contribution in [-0.2, 0) is 0 Å². The number of fused-ring (bicyclic) bond motifs is 1. The van der Waals surface area contributed by atoms with Gasteiger partial charge in [-0.05, 0) is 41.6 Å². The van der Waals surface area contributed by atoms with E-state index in [2.05, 4.69) is 36.8 Å². The first-order valence-electron chi connectivity index (χ1n) is 3.83. The minimum Gasteiger partial charge on any atom is -0.143 e. The molecule has 0 aliphatic heterocycles. The quantitative estimate of drug-likeness (QED) is 0.620. The first kappa shape index (κ1) is 8.14. The Hall–Kier alpha value is -0.470. The minimum absolute atomic E-state index is 1.37. The van der Waals surface area contributed by atoms with Crippen LogP contribution >= 0.6 is 23.1 Å². The summed E-state index contributed by atoms with van der Waals surface area (Å²) in [5, 5.41) is 3.53. The molecule has 0 unspecified atom stereocenters. The Kier molecular flexibility index (Phi) is 2.11. The van der Waals surface area contributed by atoms with Gasteiger partial charge in [-0.1, -0.05) is 6.07 Å². The fourth-order valence-electron chi connectivity index (χ4n) is 1.38. The second kappa shape index (κ2) is 3.11. The number of rotatable bonds is 1. The van der Waals surface area contributed by atoms with Gasteiger partial charge in [0.15, 0.2) is 0 Å². The molecule has 0 bridgehead atoms. The zero-order valence-corrected chi connectivity index (χ0v) is 8.76. The van der Waals surface area contributed by atoms with Crippen LogP contribution < -0.4 is 0 Å². The maximum atomic E-state index is 2.20. The molecule has 0 fully saturated rings. The highest BCUT2D eigenvalue weighted by molar-refractivity contribution is 7.98. The zero-order chi connectivity index (χ0) is 8.55. The van der Waals surface area contributed by atoms with Crippen molar-refractivity contribution >= 4 is 33.2 Å². The molecule has 0 saturated heterocycles. The van der Waals surface area contributed by atoms with E-state index in [1.807, 2.05) is 23.1 Å². The lowest BCUT2D eigenvalue weighted by Gasteiger charge is -2.02. The predicted octanol–water partition coefficient (Wildman–Crippen LogP) is 3.93. The van der Waals surface area contributed by atoms with E-state index >= 15 is 0 Å². The SMILES string of the molecule is CSc1ccc2ccsc2c1C. The highest BCUT2D eigenvalue weighted by Crippen LogP contribution is 2.30. The summed E-state index contributed by atoms with van der Waals surface area (Å²) in [6.07, 6.45) is 2.13. The zero-order valence-electron chi connectivity index (χ0n) is 7.13. The molecule has 0 spiro atoms. The Balaban J connectivity index is 2.78. The van der Waals surface area contributed by atoms with Crippen LogP contribution in [-0.4, -0.2) is 6.26 Å². The summed E-state index contributed by atoms with van der Waals surface area (Å²) in [7, 11) is 0. The van der Waals surface area contributed by atoms with E-state index in [-0.39, 0.29) is 0 Å². The molecule has 0 nitrogen and oxygen atoms in total. The number of hydrogen-bond acceptors (Lipinski definition) is 2. The molecule has 2 rings (SSSR count). The lowest BCUT2D eigenvalue weighted by molar-refractivity contribution is 1.36. The number of aryl methyl sites for hydroxylation is 1. The van der Waals surface area contributed by atoms with Crippen molar-refractivity contribution in [2.75, 3.05) is 6.26 Å². The molecule has 2 heteroatoms. The van der Waals surface area contributed by atoms with Gasteiger partial charge in [0.1, 0.15) is 0 Å². The van der Waals surface area contributed by atoms with Crippen LogP contribution in [0.2, 0.25) is 0 Å². The second-order valence-corrected chi connectivity index (χ2v) is 4.50. The van der Waals surface area contributed by atoms with Gasteiger partial charge in [0.25, 0.3) is 0 Å². The average molecular weight is 194 g/mol. The Morgan fingerprint density at radius 3 is 2.83 bits per heavy atom. The summed E-state index contributed by atoms with van der Waals surface area (Å²) in [6, 6.07) is 6.58. The van der Waals surface area contributed by atoms with E-state index in [9.17, 15) is 0 Å². The molecule has 1 aromatic carbocycles. The molecule has 0 aliphatic carbocycles. The first-order valence-corrected chi connectivity index (χ1v) is 5.94. The Labute approximate surface area is 80.6 Å². The average Bonchev–Trinajstić information content (AvgIpc) is 2.53. The number of thiophene rings is 1. The molecule has 2 aromatic rings. The molecular weight excluding hydrogens is 184 g/mol. The van der Waals surface area contributed by atoms with E-state index in [1.54, 1.807) is 0 Å². The smallest absolute Gasteiger partial charge is 0.0383 e. The minimum atomic E-state index is 1.37. The van der Waals surface area contributed by atoms with Crippen LogP contribution in [0, 0.1) is 6.92 Å². The van der Waals surface area contributed by atoms with Crippen molar-refractivity contribution in [3.8, 4) is 0 Å². The highest BCUT2D eigenvalue weighted by Gasteiger charge is 2.02. The van der Waals surface area contributed by atoms with E-state index in [0.717, 1.165) is 0 Å². The molecule has 0 atom stereocenters. The van der Waals surface area contributed by atoms with Gasteiger partial charge in [-0.15, -0.1) is 23.1 Å². The van der Waals surface area contributed by atoms with E-state index in [1.165, 1.54) is 20.5 Å². The summed E-state index contributed by atoms with van der Waals surface area (Å²) in [6.45, 7) is 2.20. The van der Waals surface area contributed by atoms with Gasteiger partial charge in [-0.3, -0.25) is 0 Å². The third-order valence-corrected chi connectivity index (χ3v) is 3.97. The van der Waals surface area contributed by atoms with Crippen LogP contribution in [0.5, 0.6) is 0 Å². The monoisotopic (exact) mass is 194 g/mol. The normalized spacial score (nSPS) is 10.8. The van der Waals surface area contributed by atoms with Crippen LogP contribution in [0.3, 0.4) is 0 Å². The van der Waals surface area contributed by atoms with Gasteiger partial charge in [0.05, 0.1) is 0 Å². The summed E-state index contributed by atoms with van der Waals surface area (Å²) in [4.78, 5) is 1.39. The van der Waals surface area contributed by atoms with Gasteiger partial charge < -0.3 is 0 Å². The topological polar surface area (TPSA) is 0 Å². The number of thioether (sulfide) groups is 1. The van der Waals surface area contributed by atoms with Gasteiger partial charge in [0, 0.05) is 9.60 Å². The molecule has 1 aromatic heterocycles. The van der Waals surface area contributed by atoms with Crippen molar-refractivity contribution in [1.82, 2.24) is 0 Å². The van der Waals surface area contributed by atoms with E-state index < -0.39 is 0 Å². The molecule has 12 heavy (non-hydrogen) atoms. The molecule has 62 valence electrons. The highest BCUT2D eigenvalue weighted by atomic mass is 32.2. The molecule has 1 heterocycles. The summed E-state index contributed by atoms with van der Waals surface area (Å²) >= 11 is 3.65. The third-order valence-electron chi connectivity index (χ3n) is 2.04. The predicted molar refractivity (Wildman–Crippen MR) is 58.3 cm³/mol. The van der Waals surface area contributed by atoms with Crippen LogP contribution in [0.25, 0.3) is 10.1 Å². The summed E-state index contributed by atoms with van der Waals surface area (Å²) < 4.78 is 1.43. The molecule has 0 aliphatic rings. The second-order valence-electron chi connectivity index (χ2n) is 2.73. The van der Waals surface area contributed by atoms with Gasteiger partial charge >= 0.3 is 0 Å². The van der Waals surface area contributed by atoms with Crippen LogP contribution in [0.4, 0.5) is 0 Å². The molecule has 0 saturated carbocycles. The standard InChI is InChI=1S/C10H10S2/c1-7-9(11-2)4-3-8-5-6-12-10(7)8/h3-6H,1-2H3. The Morgan fingerprint density at radius 2 is 2.08 bits per heavy atom. The maximum absolute atomic E-state index is 2.20. The summed E-state index contributed by atoms with van der Waals surface area (Å²) in [5.74, 6) is 0. The van der Waals surface area contributed by atoms with Crippen molar-refractivity contribution in [3.63, 3.8) is 0 Å². The molecule has 0 radical (unpaired) electrons. The lowest BCUT2D eigenvalue weighted by atomic mass is 10.2. The van der Waals surface area contributed by atoms with E-state index in [4.69, 9.17) is 0 Å². The first-order chi connectivity index (χ1) is 5.83. The fourth-order valence-corrected chi connectivity index (χ4v) is 2.97. The van der Waals surface area contributed by atoms with Crippen molar-refractivity contribution in [2.45, 2.75) is 11.8 Å². The van der Waals surface area contributed by atoms with Crippen molar-refractivity contribution < 1.29 is 0 Å². The Bertz CT molecular complexity index is 401.